The molecule has 0 heterocycles. The van der Waals surface area contributed by atoms with Gasteiger partial charge in [-0.05, 0) is 18.4 Å². The number of ether oxygens (including phenoxy) is 1. The molecule has 92 valence electrons. The molecule has 0 atom stereocenters. The van der Waals surface area contributed by atoms with Crippen molar-refractivity contribution in [3.05, 3.63) is 35.9 Å². The zero-order chi connectivity index (χ0) is 12.1. The molecule has 0 amide bonds. The van der Waals surface area contributed by atoms with E-state index in [1.54, 1.807) is 7.11 Å². The van der Waals surface area contributed by atoms with E-state index in [0.717, 1.165) is 6.54 Å². The predicted octanol–water partition coefficient (Wildman–Crippen LogP) is 1.87. The molecule has 0 aliphatic heterocycles. The molecule has 1 fully saturated rings. The highest BCUT2D eigenvalue weighted by Gasteiger charge is 2.29. The van der Waals surface area contributed by atoms with Gasteiger partial charge in [-0.15, -0.1) is 0 Å². The number of hydrogen-bond acceptors (Lipinski definition) is 3. The van der Waals surface area contributed by atoms with Crippen LogP contribution in [0.5, 0.6) is 0 Å². The Morgan fingerprint density at radius 2 is 2.06 bits per heavy atom. The fourth-order valence-corrected chi connectivity index (χ4v) is 2.00. The third kappa shape index (κ3) is 3.95. The summed E-state index contributed by atoms with van der Waals surface area (Å²) in [5.74, 6) is 0.162. The van der Waals surface area contributed by atoms with E-state index in [0.29, 0.717) is 12.6 Å². The van der Waals surface area contributed by atoms with Crippen LogP contribution in [-0.2, 0) is 16.1 Å². The summed E-state index contributed by atoms with van der Waals surface area (Å²) in [6, 6.07) is 10.9. The second-order valence-electron chi connectivity index (χ2n) is 4.59. The number of carbonyl (C=O) groups is 1. The van der Waals surface area contributed by atoms with Crippen molar-refractivity contribution in [2.45, 2.75) is 25.4 Å². The van der Waals surface area contributed by atoms with Crippen molar-refractivity contribution in [3.8, 4) is 0 Å². The quantitative estimate of drug-likeness (QED) is 0.720. The molecule has 1 aliphatic rings. The van der Waals surface area contributed by atoms with Gasteiger partial charge in [0.2, 0.25) is 0 Å². The molecule has 2 rings (SSSR count). The number of rotatable bonds is 7. The summed E-state index contributed by atoms with van der Waals surface area (Å²) >= 11 is 0. The Kier molecular flexibility index (Phi) is 4.29. The van der Waals surface area contributed by atoms with Gasteiger partial charge < -0.3 is 4.74 Å². The van der Waals surface area contributed by atoms with Crippen LogP contribution < -0.4 is 0 Å². The molecule has 0 unspecified atom stereocenters. The number of hydrogen-bond donors (Lipinski definition) is 0. The summed E-state index contributed by atoms with van der Waals surface area (Å²) in [5.41, 5.74) is 1.27. The van der Waals surface area contributed by atoms with Crippen LogP contribution >= 0.6 is 0 Å². The molecule has 17 heavy (non-hydrogen) atoms. The molecule has 0 radical (unpaired) electrons. The maximum absolute atomic E-state index is 11.6. The fraction of sp³-hybridized carbons (Fsp3) is 0.500. The Labute approximate surface area is 102 Å². The highest BCUT2D eigenvalue weighted by Crippen LogP contribution is 2.28. The average Bonchev–Trinajstić information content (AvgIpc) is 3.14. The first-order valence-electron chi connectivity index (χ1n) is 6.08. The summed E-state index contributed by atoms with van der Waals surface area (Å²) in [6.45, 7) is 1.59. The maximum atomic E-state index is 11.6. The summed E-state index contributed by atoms with van der Waals surface area (Å²) in [7, 11) is 1.57. The van der Waals surface area contributed by atoms with E-state index < -0.39 is 0 Å². The largest absolute Gasteiger partial charge is 0.377 e. The van der Waals surface area contributed by atoms with Crippen molar-refractivity contribution in [1.82, 2.24) is 4.90 Å². The van der Waals surface area contributed by atoms with Crippen LogP contribution in [0, 0.1) is 0 Å². The fourth-order valence-electron chi connectivity index (χ4n) is 2.00. The lowest BCUT2D eigenvalue weighted by atomic mass is 10.2. The Morgan fingerprint density at radius 1 is 1.35 bits per heavy atom. The molecule has 1 aromatic carbocycles. The van der Waals surface area contributed by atoms with Gasteiger partial charge >= 0.3 is 0 Å². The van der Waals surface area contributed by atoms with Gasteiger partial charge in [0.1, 0.15) is 6.61 Å². The lowest BCUT2D eigenvalue weighted by Gasteiger charge is -2.21. The number of carbonyl (C=O) groups excluding carboxylic acids is 1. The van der Waals surface area contributed by atoms with Crippen LogP contribution in [0.2, 0.25) is 0 Å². The zero-order valence-electron chi connectivity index (χ0n) is 10.3. The van der Waals surface area contributed by atoms with Gasteiger partial charge in [-0.1, -0.05) is 30.3 Å². The SMILES string of the molecule is COCC(=O)CN(Cc1ccccc1)C1CC1. The normalized spacial score (nSPS) is 15.2. The van der Waals surface area contributed by atoms with Crippen molar-refractivity contribution >= 4 is 5.78 Å². The molecule has 0 bridgehead atoms. The van der Waals surface area contributed by atoms with Gasteiger partial charge in [0.25, 0.3) is 0 Å². The molecule has 1 aromatic rings. The summed E-state index contributed by atoms with van der Waals surface area (Å²) in [5, 5.41) is 0. The van der Waals surface area contributed by atoms with E-state index in [1.165, 1.54) is 18.4 Å². The number of benzene rings is 1. The lowest BCUT2D eigenvalue weighted by molar-refractivity contribution is -0.124. The lowest BCUT2D eigenvalue weighted by Crippen LogP contribution is -2.33. The predicted molar refractivity (Wildman–Crippen MR) is 66.8 cm³/mol. The maximum Gasteiger partial charge on any atom is 0.172 e. The van der Waals surface area contributed by atoms with Crippen LogP contribution in [0.4, 0.5) is 0 Å². The van der Waals surface area contributed by atoms with Crippen molar-refractivity contribution in [2.24, 2.45) is 0 Å². The Bertz CT molecular complexity index is 360. The van der Waals surface area contributed by atoms with Crippen LogP contribution in [0.3, 0.4) is 0 Å². The minimum absolute atomic E-state index is 0.162. The molecule has 3 nitrogen and oxygen atoms in total. The van der Waals surface area contributed by atoms with Crippen LogP contribution in [0.1, 0.15) is 18.4 Å². The van der Waals surface area contributed by atoms with Crippen molar-refractivity contribution in [3.63, 3.8) is 0 Å². The van der Waals surface area contributed by atoms with Gasteiger partial charge in [0.15, 0.2) is 5.78 Å². The third-order valence-electron chi connectivity index (χ3n) is 2.98. The number of methoxy groups -OCH3 is 1. The second kappa shape index (κ2) is 5.94. The van der Waals surface area contributed by atoms with Crippen LogP contribution in [-0.4, -0.2) is 37.0 Å². The molecule has 1 saturated carbocycles. The Balaban J connectivity index is 1.91. The van der Waals surface area contributed by atoms with Gasteiger partial charge in [-0.25, -0.2) is 0 Å². The standard InChI is InChI=1S/C14H19NO2/c1-17-11-14(16)10-15(13-7-8-13)9-12-5-3-2-4-6-12/h2-6,13H,7-11H2,1H3. The molecule has 1 aliphatic carbocycles. The topological polar surface area (TPSA) is 29.5 Å². The highest BCUT2D eigenvalue weighted by atomic mass is 16.5. The summed E-state index contributed by atoms with van der Waals surface area (Å²) in [4.78, 5) is 13.9. The van der Waals surface area contributed by atoms with Crippen LogP contribution in [0.15, 0.2) is 30.3 Å². The average molecular weight is 233 g/mol. The monoisotopic (exact) mass is 233 g/mol. The smallest absolute Gasteiger partial charge is 0.172 e. The van der Waals surface area contributed by atoms with E-state index in [1.807, 2.05) is 18.2 Å². The van der Waals surface area contributed by atoms with Gasteiger partial charge in [-0.3, -0.25) is 9.69 Å². The minimum Gasteiger partial charge on any atom is -0.377 e. The molecular formula is C14H19NO2. The van der Waals surface area contributed by atoms with E-state index in [-0.39, 0.29) is 12.4 Å². The van der Waals surface area contributed by atoms with Crippen molar-refractivity contribution < 1.29 is 9.53 Å². The Morgan fingerprint density at radius 3 is 2.65 bits per heavy atom. The van der Waals surface area contributed by atoms with Gasteiger partial charge in [-0.2, -0.15) is 0 Å². The minimum atomic E-state index is 0.162. The molecule has 0 spiro atoms. The Hall–Kier alpha value is -1.19. The summed E-state index contributed by atoms with van der Waals surface area (Å²) in [6.07, 6.45) is 2.43. The first-order chi connectivity index (χ1) is 8.29. The summed E-state index contributed by atoms with van der Waals surface area (Å²) < 4.78 is 4.88. The number of ketones is 1. The van der Waals surface area contributed by atoms with Crippen LogP contribution in [0.25, 0.3) is 0 Å². The van der Waals surface area contributed by atoms with Crippen molar-refractivity contribution in [2.75, 3.05) is 20.3 Å². The van der Waals surface area contributed by atoms with Gasteiger partial charge in [0, 0.05) is 19.7 Å². The van der Waals surface area contributed by atoms with Gasteiger partial charge in [0.05, 0.1) is 6.54 Å². The third-order valence-corrected chi connectivity index (χ3v) is 2.98. The first-order valence-corrected chi connectivity index (χ1v) is 6.08. The number of Topliss-reactive ketones (excluding diaryl/α,β-unsaturated/α-hetero) is 1. The molecule has 0 N–H and O–H groups in total. The van der Waals surface area contributed by atoms with Crippen molar-refractivity contribution in [1.29, 1.82) is 0 Å². The molecule has 0 saturated heterocycles. The van der Waals surface area contributed by atoms with E-state index in [9.17, 15) is 4.79 Å². The van der Waals surface area contributed by atoms with E-state index in [2.05, 4.69) is 17.0 Å². The molecule has 0 aromatic heterocycles. The highest BCUT2D eigenvalue weighted by molar-refractivity contribution is 5.81. The number of nitrogens with zero attached hydrogens (tertiary/aromatic N) is 1. The second-order valence-corrected chi connectivity index (χ2v) is 4.59. The zero-order valence-corrected chi connectivity index (χ0v) is 10.3. The van der Waals surface area contributed by atoms with E-state index >= 15 is 0 Å². The molecular weight excluding hydrogens is 214 g/mol. The van der Waals surface area contributed by atoms with E-state index in [4.69, 9.17) is 4.74 Å². The first kappa shape index (κ1) is 12.3. The molecule has 3 heteroatoms.